The van der Waals surface area contributed by atoms with Gasteiger partial charge < -0.3 is 19.0 Å². The van der Waals surface area contributed by atoms with Gasteiger partial charge in [-0.25, -0.2) is 4.79 Å². The van der Waals surface area contributed by atoms with E-state index in [2.05, 4.69) is 4.90 Å². The van der Waals surface area contributed by atoms with Crippen LogP contribution in [0.3, 0.4) is 0 Å². The molecule has 1 aliphatic heterocycles. The number of hydrogen-bond donors (Lipinski definition) is 1. The Labute approximate surface area is 186 Å². The number of rotatable bonds is 6. The van der Waals surface area contributed by atoms with Crippen LogP contribution in [0.5, 0.6) is 5.75 Å². The average Bonchev–Trinajstić information content (AvgIpc) is 3.14. The number of benzene rings is 2. The van der Waals surface area contributed by atoms with E-state index >= 15 is 0 Å². The summed E-state index contributed by atoms with van der Waals surface area (Å²) < 4.78 is 16.6. The maximum atomic E-state index is 12.8. The smallest absolute Gasteiger partial charge is 0.342 e. The van der Waals surface area contributed by atoms with E-state index in [0.29, 0.717) is 52.9 Å². The van der Waals surface area contributed by atoms with Crippen molar-refractivity contribution in [1.82, 2.24) is 4.90 Å². The molecule has 7 nitrogen and oxygen atoms in total. The van der Waals surface area contributed by atoms with Crippen LogP contribution in [0.2, 0.25) is 0 Å². The van der Waals surface area contributed by atoms with Crippen molar-refractivity contribution in [2.24, 2.45) is 5.92 Å². The van der Waals surface area contributed by atoms with E-state index in [1.54, 1.807) is 20.8 Å². The molecule has 32 heavy (non-hydrogen) atoms. The van der Waals surface area contributed by atoms with E-state index < -0.39 is 5.97 Å². The summed E-state index contributed by atoms with van der Waals surface area (Å²) in [4.78, 5) is 27.2. The molecular formula is C25H29NO6. The zero-order valence-electron chi connectivity index (χ0n) is 18.8. The molecule has 0 radical (unpaired) electrons. The first-order valence-corrected chi connectivity index (χ1v) is 11.2. The van der Waals surface area contributed by atoms with E-state index in [0.717, 1.165) is 24.8 Å². The number of furan rings is 1. The molecule has 0 unspecified atom stereocenters. The van der Waals surface area contributed by atoms with E-state index in [4.69, 9.17) is 13.9 Å². The number of esters is 2. The van der Waals surface area contributed by atoms with Crippen LogP contribution in [0.25, 0.3) is 21.7 Å². The molecule has 4 rings (SSSR count). The van der Waals surface area contributed by atoms with Gasteiger partial charge in [-0.05, 0) is 40.2 Å². The number of likely N-dealkylation sites (tertiary alicyclic amines) is 1. The Morgan fingerprint density at radius 1 is 1.16 bits per heavy atom. The van der Waals surface area contributed by atoms with E-state index in [-0.39, 0.29) is 24.2 Å². The first-order chi connectivity index (χ1) is 15.5. The molecule has 2 heterocycles. The number of fused-ring (bicyclic) bond motifs is 3. The van der Waals surface area contributed by atoms with Gasteiger partial charge in [-0.2, -0.15) is 0 Å². The Morgan fingerprint density at radius 3 is 2.59 bits per heavy atom. The lowest BCUT2D eigenvalue weighted by Gasteiger charge is -2.32. The number of aromatic hydroxyl groups is 1. The summed E-state index contributed by atoms with van der Waals surface area (Å²) in [6.07, 6.45) is 1.64. The quantitative estimate of drug-likeness (QED) is 0.564. The number of nitrogens with zero attached hydrogens (tertiary/aromatic N) is 1. The van der Waals surface area contributed by atoms with Gasteiger partial charge >= 0.3 is 11.9 Å². The summed E-state index contributed by atoms with van der Waals surface area (Å²) in [6.45, 7) is 7.61. The van der Waals surface area contributed by atoms with Crippen molar-refractivity contribution >= 4 is 33.7 Å². The van der Waals surface area contributed by atoms with Crippen molar-refractivity contribution < 1.29 is 28.6 Å². The first-order valence-electron chi connectivity index (χ1n) is 11.2. The monoisotopic (exact) mass is 439 g/mol. The lowest BCUT2D eigenvalue weighted by atomic mass is 9.94. The maximum absolute atomic E-state index is 12.8. The summed E-state index contributed by atoms with van der Waals surface area (Å²) in [5, 5.41) is 13.3. The Hall–Kier alpha value is -3.06. The molecule has 0 saturated carbocycles. The third-order valence-corrected chi connectivity index (χ3v) is 6.09. The Kier molecular flexibility index (Phi) is 6.37. The van der Waals surface area contributed by atoms with Crippen LogP contribution in [-0.4, -0.2) is 48.2 Å². The minimum atomic E-state index is -0.470. The molecule has 1 N–H and O–H groups in total. The van der Waals surface area contributed by atoms with Crippen molar-refractivity contribution in [3.05, 3.63) is 41.2 Å². The number of phenols is 1. The highest BCUT2D eigenvalue weighted by Gasteiger charge is 2.30. The summed E-state index contributed by atoms with van der Waals surface area (Å²) in [5.74, 6) is -0.271. The normalized spacial score (nSPS) is 17.0. The topological polar surface area (TPSA) is 89.2 Å². The van der Waals surface area contributed by atoms with E-state index in [1.165, 1.54) is 0 Å². The highest BCUT2D eigenvalue weighted by Crippen LogP contribution is 2.42. The lowest BCUT2D eigenvalue weighted by Crippen LogP contribution is -2.39. The van der Waals surface area contributed by atoms with Crippen LogP contribution < -0.4 is 0 Å². The second-order valence-electron chi connectivity index (χ2n) is 8.16. The predicted molar refractivity (Wildman–Crippen MR) is 121 cm³/mol. The fourth-order valence-electron chi connectivity index (χ4n) is 4.67. The highest BCUT2D eigenvalue weighted by atomic mass is 16.5. The maximum Gasteiger partial charge on any atom is 0.342 e. The van der Waals surface area contributed by atoms with Gasteiger partial charge in [-0.3, -0.25) is 9.69 Å². The molecule has 3 aromatic rings. The van der Waals surface area contributed by atoms with Crippen LogP contribution in [-0.2, 0) is 20.8 Å². The molecule has 1 saturated heterocycles. The number of piperidine rings is 1. The minimum Gasteiger partial charge on any atom is -0.507 e. The third kappa shape index (κ3) is 3.93. The molecule has 0 amide bonds. The van der Waals surface area contributed by atoms with Gasteiger partial charge in [0, 0.05) is 34.8 Å². The van der Waals surface area contributed by atoms with Gasteiger partial charge in [0.2, 0.25) is 0 Å². The predicted octanol–water partition coefficient (Wildman–Crippen LogP) is 4.55. The van der Waals surface area contributed by atoms with Crippen molar-refractivity contribution in [2.75, 3.05) is 26.3 Å². The summed E-state index contributed by atoms with van der Waals surface area (Å²) in [5.41, 5.74) is 1.52. The van der Waals surface area contributed by atoms with Crippen molar-refractivity contribution in [3.8, 4) is 5.75 Å². The second kappa shape index (κ2) is 9.20. The Balaban J connectivity index is 1.83. The fourth-order valence-corrected chi connectivity index (χ4v) is 4.67. The van der Waals surface area contributed by atoms with E-state index in [1.807, 2.05) is 24.3 Å². The standard InChI is InChI=1S/C25H29NO6/c1-4-30-24(28)16-9-8-12-26(13-16)14-19-21-20(25(29)31-5-2)15(3)32-23(21)18-11-7-6-10-17(18)22(19)27/h6-7,10-11,16,27H,4-5,8-9,12-14H2,1-3H3/t16-/m0/s1. The summed E-state index contributed by atoms with van der Waals surface area (Å²) >= 11 is 0. The molecule has 2 aromatic carbocycles. The molecule has 0 spiro atoms. The average molecular weight is 440 g/mol. The SMILES string of the molecule is CCOC(=O)c1c(C)oc2c1c(CN1CCC[C@H](C(=O)OCC)C1)c(O)c1ccccc12. The summed E-state index contributed by atoms with van der Waals surface area (Å²) in [7, 11) is 0. The lowest BCUT2D eigenvalue weighted by molar-refractivity contribution is -0.150. The number of phenolic OH excluding ortho intramolecular Hbond substituents is 1. The van der Waals surface area contributed by atoms with Crippen LogP contribution in [0, 0.1) is 12.8 Å². The molecule has 1 aromatic heterocycles. The number of carbonyl (C=O) groups is 2. The first kappa shape index (κ1) is 22.1. The number of carbonyl (C=O) groups excluding carboxylic acids is 2. The fraction of sp³-hybridized carbons (Fsp3) is 0.440. The number of aryl methyl sites for hydroxylation is 1. The van der Waals surface area contributed by atoms with Crippen molar-refractivity contribution in [3.63, 3.8) is 0 Å². The van der Waals surface area contributed by atoms with Crippen LogP contribution >= 0.6 is 0 Å². The van der Waals surface area contributed by atoms with Crippen LogP contribution in [0.4, 0.5) is 0 Å². The highest BCUT2D eigenvalue weighted by molar-refractivity contribution is 6.16. The second-order valence-corrected chi connectivity index (χ2v) is 8.16. The largest absolute Gasteiger partial charge is 0.507 e. The molecule has 1 aliphatic rings. The van der Waals surface area contributed by atoms with Crippen molar-refractivity contribution in [1.29, 1.82) is 0 Å². The van der Waals surface area contributed by atoms with Gasteiger partial charge in [-0.15, -0.1) is 0 Å². The molecule has 170 valence electrons. The number of ether oxygens (including phenoxy) is 2. The van der Waals surface area contributed by atoms with Gasteiger partial charge in [0.25, 0.3) is 0 Å². The van der Waals surface area contributed by atoms with Gasteiger partial charge in [-0.1, -0.05) is 24.3 Å². The van der Waals surface area contributed by atoms with Gasteiger partial charge in [0.05, 0.1) is 19.1 Å². The van der Waals surface area contributed by atoms with Crippen molar-refractivity contribution in [2.45, 2.75) is 40.2 Å². The Morgan fingerprint density at radius 2 is 1.88 bits per heavy atom. The molecule has 1 atom stereocenters. The molecule has 0 aliphatic carbocycles. The molecule has 0 bridgehead atoms. The van der Waals surface area contributed by atoms with E-state index in [9.17, 15) is 14.7 Å². The molecular weight excluding hydrogens is 410 g/mol. The summed E-state index contributed by atoms with van der Waals surface area (Å²) in [6, 6.07) is 7.44. The molecule has 7 heteroatoms. The zero-order valence-corrected chi connectivity index (χ0v) is 18.8. The zero-order chi connectivity index (χ0) is 22.8. The third-order valence-electron chi connectivity index (χ3n) is 6.09. The minimum absolute atomic E-state index is 0.123. The van der Waals surface area contributed by atoms with Crippen LogP contribution in [0.15, 0.2) is 28.7 Å². The van der Waals surface area contributed by atoms with Gasteiger partial charge in [0.1, 0.15) is 22.7 Å². The number of hydrogen-bond acceptors (Lipinski definition) is 7. The van der Waals surface area contributed by atoms with Crippen LogP contribution in [0.1, 0.15) is 48.4 Å². The Bertz CT molecular complexity index is 1160. The molecule has 1 fully saturated rings. The van der Waals surface area contributed by atoms with Gasteiger partial charge in [0.15, 0.2) is 0 Å².